The van der Waals surface area contributed by atoms with Gasteiger partial charge in [-0.25, -0.2) is 4.39 Å². The molecule has 0 heterocycles. The molecule has 1 fully saturated rings. The molecule has 1 nitrogen and oxygen atoms in total. The standard InChI is InChI=1S/C23H25F5O/c1-2-6-15-9-11-17(12-10-15)18-13-19(16-7-4-3-5-8-16)22(21(25)20(18)24)29-14-23(26,27)28/h9-13,16H,2-8,14H2,1H3. The molecule has 1 saturated carbocycles. The van der Waals surface area contributed by atoms with Gasteiger partial charge in [-0.05, 0) is 42.4 Å². The van der Waals surface area contributed by atoms with E-state index in [1.165, 1.54) is 6.07 Å². The molecular weight excluding hydrogens is 387 g/mol. The molecule has 0 atom stereocenters. The number of benzene rings is 2. The molecular formula is C23H25F5O. The molecule has 0 radical (unpaired) electrons. The summed E-state index contributed by atoms with van der Waals surface area (Å²) in [4.78, 5) is 0. The van der Waals surface area contributed by atoms with Crippen LogP contribution < -0.4 is 4.74 Å². The normalized spacial score (nSPS) is 15.5. The first kappa shape index (κ1) is 21.6. The van der Waals surface area contributed by atoms with Crippen LogP contribution >= 0.6 is 0 Å². The van der Waals surface area contributed by atoms with E-state index in [2.05, 4.69) is 6.92 Å². The van der Waals surface area contributed by atoms with Crippen molar-refractivity contribution in [3.05, 3.63) is 53.1 Å². The van der Waals surface area contributed by atoms with Crippen molar-refractivity contribution < 1.29 is 26.7 Å². The highest BCUT2D eigenvalue weighted by Gasteiger charge is 2.32. The molecule has 0 N–H and O–H groups in total. The van der Waals surface area contributed by atoms with Gasteiger partial charge in [-0.2, -0.15) is 17.6 Å². The van der Waals surface area contributed by atoms with Gasteiger partial charge in [0.15, 0.2) is 18.2 Å². The minimum Gasteiger partial charge on any atom is -0.481 e. The number of aryl methyl sites for hydroxylation is 1. The van der Waals surface area contributed by atoms with Crippen LogP contribution in [0.3, 0.4) is 0 Å². The highest BCUT2D eigenvalue weighted by Crippen LogP contribution is 2.43. The van der Waals surface area contributed by atoms with Crippen molar-refractivity contribution >= 4 is 0 Å². The van der Waals surface area contributed by atoms with Gasteiger partial charge in [-0.1, -0.05) is 56.9 Å². The highest BCUT2D eigenvalue weighted by atomic mass is 19.4. The largest absolute Gasteiger partial charge is 0.481 e. The van der Waals surface area contributed by atoms with E-state index in [0.717, 1.165) is 50.5 Å². The van der Waals surface area contributed by atoms with Crippen LogP contribution in [0.5, 0.6) is 5.75 Å². The van der Waals surface area contributed by atoms with Gasteiger partial charge >= 0.3 is 6.18 Å². The van der Waals surface area contributed by atoms with E-state index in [-0.39, 0.29) is 11.5 Å². The van der Waals surface area contributed by atoms with Crippen molar-refractivity contribution in [3.63, 3.8) is 0 Å². The summed E-state index contributed by atoms with van der Waals surface area (Å²) in [5.74, 6) is -3.26. The lowest BCUT2D eigenvalue weighted by Gasteiger charge is -2.26. The zero-order valence-electron chi connectivity index (χ0n) is 16.4. The topological polar surface area (TPSA) is 9.23 Å². The van der Waals surface area contributed by atoms with Crippen molar-refractivity contribution in [3.8, 4) is 16.9 Å². The predicted octanol–water partition coefficient (Wildman–Crippen LogP) is 7.57. The van der Waals surface area contributed by atoms with E-state index >= 15 is 0 Å². The SMILES string of the molecule is CCCc1ccc(-c2cc(C3CCCCC3)c(OCC(F)(F)F)c(F)c2F)cc1. The summed E-state index contributed by atoms with van der Waals surface area (Å²) in [7, 11) is 0. The average Bonchev–Trinajstić information content (AvgIpc) is 2.70. The lowest BCUT2D eigenvalue weighted by atomic mass is 9.82. The van der Waals surface area contributed by atoms with E-state index in [4.69, 9.17) is 4.74 Å². The maximum Gasteiger partial charge on any atom is 0.422 e. The third-order valence-corrected chi connectivity index (χ3v) is 5.42. The first-order valence-corrected chi connectivity index (χ1v) is 10.1. The lowest BCUT2D eigenvalue weighted by Crippen LogP contribution is -2.21. The molecule has 0 aliphatic heterocycles. The molecule has 6 heteroatoms. The van der Waals surface area contributed by atoms with Crippen LogP contribution in [0.1, 0.15) is 62.5 Å². The summed E-state index contributed by atoms with van der Waals surface area (Å²) in [6.45, 7) is 0.410. The Morgan fingerprint density at radius 2 is 1.62 bits per heavy atom. The minimum absolute atomic E-state index is 0.0606. The fraction of sp³-hybridized carbons (Fsp3) is 0.478. The quantitative estimate of drug-likeness (QED) is 0.445. The first-order chi connectivity index (χ1) is 13.8. The Bertz CT molecular complexity index is 821. The van der Waals surface area contributed by atoms with Crippen molar-refractivity contribution in [2.75, 3.05) is 6.61 Å². The van der Waals surface area contributed by atoms with Gasteiger partial charge in [-0.3, -0.25) is 0 Å². The molecule has 2 aromatic carbocycles. The second-order valence-corrected chi connectivity index (χ2v) is 7.66. The molecule has 0 amide bonds. The third-order valence-electron chi connectivity index (χ3n) is 5.42. The van der Waals surface area contributed by atoms with Crippen molar-refractivity contribution in [2.24, 2.45) is 0 Å². The Labute approximate surface area is 167 Å². The molecule has 2 aromatic rings. The monoisotopic (exact) mass is 412 g/mol. The maximum atomic E-state index is 14.9. The zero-order valence-corrected chi connectivity index (χ0v) is 16.4. The number of hydrogen-bond acceptors (Lipinski definition) is 1. The first-order valence-electron chi connectivity index (χ1n) is 10.1. The summed E-state index contributed by atoms with van der Waals surface area (Å²) in [6, 6.07) is 8.66. The zero-order chi connectivity index (χ0) is 21.0. The lowest BCUT2D eigenvalue weighted by molar-refractivity contribution is -0.154. The Kier molecular flexibility index (Phi) is 6.81. The van der Waals surface area contributed by atoms with E-state index < -0.39 is 30.2 Å². The molecule has 0 spiro atoms. The predicted molar refractivity (Wildman–Crippen MR) is 103 cm³/mol. The van der Waals surface area contributed by atoms with Gasteiger partial charge in [-0.15, -0.1) is 0 Å². The van der Waals surface area contributed by atoms with Gasteiger partial charge in [0, 0.05) is 11.1 Å². The van der Waals surface area contributed by atoms with Gasteiger partial charge in [0.1, 0.15) is 0 Å². The van der Waals surface area contributed by atoms with E-state index in [1.807, 2.05) is 12.1 Å². The summed E-state index contributed by atoms with van der Waals surface area (Å²) in [5, 5.41) is 0. The number of alkyl halides is 3. The van der Waals surface area contributed by atoms with Crippen LogP contribution in [0.15, 0.2) is 30.3 Å². The molecule has 158 valence electrons. The van der Waals surface area contributed by atoms with Crippen LogP contribution in [0.4, 0.5) is 22.0 Å². The highest BCUT2D eigenvalue weighted by molar-refractivity contribution is 5.67. The number of hydrogen-bond donors (Lipinski definition) is 0. The molecule has 0 saturated heterocycles. The molecule has 0 unspecified atom stereocenters. The Morgan fingerprint density at radius 3 is 2.21 bits per heavy atom. The summed E-state index contributed by atoms with van der Waals surface area (Å²) >= 11 is 0. The van der Waals surface area contributed by atoms with Crippen LogP contribution in [-0.4, -0.2) is 12.8 Å². The fourth-order valence-electron chi connectivity index (χ4n) is 4.00. The number of rotatable bonds is 6. The Hall–Kier alpha value is -2.11. The molecule has 0 bridgehead atoms. The second kappa shape index (κ2) is 9.14. The maximum absolute atomic E-state index is 14.9. The van der Waals surface area contributed by atoms with Crippen LogP contribution in [0, 0.1) is 11.6 Å². The van der Waals surface area contributed by atoms with Crippen molar-refractivity contribution in [1.82, 2.24) is 0 Å². The molecule has 0 aromatic heterocycles. The van der Waals surface area contributed by atoms with Crippen LogP contribution in [0.25, 0.3) is 11.1 Å². The Morgan fingerprint density at radius 1 is 0.966 bits per heavy atom. The Balaban J connectivity index is 2.04. The van der Waals surface area contributed by atoms with E-state index in [0.29, 0.717) is 11.1 Å². The van der Waals surface area contributed by atoms with Crippen molar-refractivity contribution in [1.29, 1.82) is 0 Å². The third kappa shape index (κ3) is 5.28. The fourth-order valence-corrected chi connectivity index (χ4v) is 4.00. The van der Waals surface area contributed by atoms with Gasteiger partial charge in [0.2, 0.25) is 5.82 Å². The summed E-state index contributed by atoms with van der Waals surface area (Å²) in [6.07, 6.45) is 1.52. The number of ether oxygens (including phenoxy) is 1. The molecule has 1 aliphatic rings. The average molecular weight is 412 g/mol. The second-order valence-electron chi connectivity index (χ2n) is 7.66. The minimum atomic E-state index is -4.62. The van der Waals surface area contributed by atoms with Gasteiger partial charge < -0.3 is 4.74 Å². The smallest absolute Gasteiger partial charge is 0.422 e. The van der Waals surface area contributed by atoms with Crippen LogP contribution in [0.2, 0.25) is 0 Å². The van der Waals surface area contributed by atoms with E-state index in [1.54, 1.807) is 12.1 Å². The summed E-state index contributed by atoms with van der Waals surface area (Å²) < 4.78 is 72.4. The van der Waals surface area contributed by atoms with Gasteiger partial charge in [0.05, 0.1) is 0 Å². The van der Waals surface area contributed by atoms with Crippen LogP contribution in [-0.2, 0) is 6.42 Å². The van der Waals surface area contributed by atoms with Gasteiger partial charge in [0.25, 0.3) is 0 Å². The summed E-state index contributed by atoms with van der Waals surface area (Å²) in [5.41, 5.74) is 1.99. The van der Waals surface area contributed by atoms with Crippen molar-refractivity contribution in [2.45, 2.75) is 64.0 Å². The molecule has 1 aliphatic carbocycles. The molecule has 29 heavy (non-hydrogen) atoms. The van der Waals surface area contributed by atoms with E-state index in [9.17, 15) is 22.0 Å². The molecule has 3 rings (SSSR count). The number of halogens is 5.